The third-order valence-corrected chi connectivity index (χ3v) is 6.67. The second-order valence-corrected chi connectivity index (χ2v) is 8.74. The van der Waals surface area contributed by atoms with E-state index in [4.69, 9.17) is 9.26 Å². The first-order valence-electron chi connectivity index (χ1n) is 9.03. The summed E-state index contributed by atoms with van der Waals surface area (Å²) in [6, 6.07) is 14.6. The molecule has 8 heteroatoms. The molecule has 1 aliphatic rings. The summed E-state index contributed by atoms with van der Waals surface area (Å²) in [4.78, 5) is 4.71. The van der Waals surface area contributed by atoms with Gasteiger partial charge in [0.1, 0.15) is 0 Å². The molecule has 0 unspecified atom stereocenters. The normalized spacial score (nSPS) is 18.3. The Balaban J connectivity index is 1.56. The number of morpholine rings is 1. The molecule has 7 nitrogen and oxygen atoms in total. The highest BCUT2D eigenvalue weighted by Crippen LogP contribution is 2.28. The standard InChI is InChI=1S/C20H21N3O4S/c1-14-7-9-16(10-8-14)28(24,25)23-11-12-26-18(13-23)20-21-19(22-27-20)17-6-4-3-5-15(17)2/h3-10,18H,11-13H2,1-2H3/t18-/m1/s1. The maximum atomic E-state index is 13.0. The summed E-state index contributed by atoms with van der Waals surface area (Å²) in [6.07, 6.45) is -0.598. The summed E-state index contributed by atoms with van der Waals surface area (Å²) in [5.74, 6) is 0.747. The van der Waals surface area contributed by atoms with Gasteiger partial charge in [-0.25, -0.2) is 8.42 Å². The lowest BCUT2D eigenvalue weighted by atomic mass is 10.1. The fraction of sp³-hybridized carbons (Fsp3) is 0.300. The van der Waals surface area contributed by atoms with Crippen LogP contribution in [0.25, 0.3) is 11.4 Å². The Morgan fingerprint density at radius 1 is 1.07 bits per heavy atom. The summed E-state index contributed by atoms with van der Waals surface area (Å²) >= 11 is 0. The minimum Gasteiger partial charge on any atom is -0.366 e. The number of hydrogen-bond donors (Lipinski definition) is 0. The van der Waals surface area contributed by atoms with Crippen molar-refractivity contribution in [3.05, 3.63) is 65.5 Å². The van der Waals surface area contributed by atoms with Crippen LogP contribution in [0.5, 0.6) is 0 Å². The van der Waals surface area contributed by atoms with Crippen molar-refractivity contribution in [2.45, 2.75) is 24.8 Å². The maximum absolute atomic E-state index is 13.0. The van der Waals surface area contributed by atoms with Crippen molar-refractivity contribution in [2.24, 2.45) is 0 Å². The van der Waals surface area contributed by atoms with E-state index in [1.165, 1.54) is 4.31 Å². The van der Waals surface area contributed by atoms with Gasteiger partial charge in [0, 0.05) is 18.7 Å². The predicted octanol–water partition coefficient (Wildman–Crippen LogP) is 3.12. The van der Waals surface area contributed by atoms with Crippen LogP contribution in [0.1, 0.15) is 23.1 Å². The topological polar surface area (TPSA) is 85.5 Å². The van der Waals surface area contributed by atoms with E-state index in [0.29, 0.717) is 5.82 Å². The predicted molar refractivity (Wildman–Crippen MR) is 103 cm³/mol. The molecule has 1 aliphatic heterocycles. The van der Waals surface area contributed by atoms with E-state index in [-0.39, 0.29) is 30.5 Å². The van der Waals surface area contributed by atoms with Gasteiger partial charge in [0.15, 0.2) is 6.10 Å². The Hall–Kier alpha value is -2.55. The molecule has 1 saturated heterocycles. The van der Waals surface area contributed by atoms with Crippen LogP contribution in [0.4, 0.5) is 0 Å². The van der Waals surface area contributed by atoms with Crippen LogP contribution in [0.3, 0.4) is 0 Å². The van der Waals surface area contributed by atoms with Gasteiger partial charge >= 0.3 is 0 Å². The Morgan fingerprint density at radius 2 is 1.82 bits per heavy atom. The van der Waals surface area contributed by atoms with Crippen molar-refractivity contribution in [2.75, 3.05) is 19.7 Å². The average Bonchev–Trinajstić information content (AvgIpc) is 3.19. The first kappa shape index (κ1) is 18.8. The largest absolute Gasteiger partial charge is 0.366 e. The Bertz CT molecular complexity index is 1080. The van der Waals surface area contributed by atoms with E-state index in [9.17, 15) is 8.42 Å². The average molecular weight is 399 g/mol. The van der Waals surface area contributed by atoms with E-state index in [0.717, 1.165) is 16.7 Å². The molecule has 0 bridgehead atoms. The van der Waals surface area contributed by atoms with E-state index < -0.39 is 16.1 Å². The molecule has 0 radical (unpaired) electrons. The molecule has 2 aromatic carbocycles. The van der Waals surface area contributed by atoms with Crippen molar-refractivity contribution < 1.29 is 17.7 Å². The third-order valence-electron chi connectivity index (χ3n) is 4.79. The fourth-order valence-corrected chi connectivity index (χ4v) is 4.58. The number of hydrogen-bond acceptors (Lipinski definition) is 6. The van der Waals surface area contributed by atoms with Crippen molar-refractivity contribution in [1.29, 1.82) is 0 Å². The monoisotopic (exact) mass is 399 g/mol. The molecule has 4 rings (SSSR count). The van der Waals surface area contributed by atoms with Gasteiger partial charge in [-0.05, 0) is 31.5 Å². The number of rotatable bonds is 4. The summed E-state index contributed by atoms with van der Waals surface area (Å²) in [5, 5.41) is 4.04. The number of benzene rings is 2. The van der Waals surface area contributed by atoms with E-state index in [1.54, 1.807) is 24.3 Å². The SMILES string of the molecule is Cc1ccc(S(=O)(=O)N2CCO[C@@H](c3nc(-c4ccccc4C)no3)C2)cc1. The van der Waals surface area contributed by atoms with Crippen LogP contribution in [-0.2, 0) is 14.8 Å². The van der Waals surface area contributed by atoms with Gasteiger partial charge in [-0.15, -0.1) is 0 Å². The van der Waals surface area contributed by atoms with Crippen LogP contribution in [0, 0.1) is 13.8 Å². The summed E-state index contributed by atoms with van der Waals surface area (Å²) in [5.41, 5.74) is 2.91. The van der Waals surface area contributed by atoms with Gasteiger partial charge in [-0.2, -0.15) is 9.29 Å². The van der Waals surface area contributed by atoms with Crippen LogP contribution in [0.15, 0.2) is 57.9 Å². The molecular formula is C20H21N3O4S. The summed E-state index contributed by atoms with van der Waals surface area (Å²) < 4.78 is 38.4. The molecule has 0 spiro atoms. The van der Waals surface area contributed by atoms with Gasteiger partial charge in [-0.1, -0.05) is 47.1 Å². The maximum Gasteiger partial charge on any atom is 0.257 e. The second-order valence-electron chi connectivity index (χ2n) is 6.81. The minimum atomic E-state index is -3.61. The quantitative estimate of drug-likeness (QED) is 0.670. The zero-order chi connectivity index (χ0) is 19.7. The second kappa shape index (κ2) is 7.46. The molecule has 1 aromatic heterocycles. The van der Waals surface area contributed by atoms with Gasteiger partial charge in [0.05, 0.1) is 11.5 Å². The number of sulfonamides is 1. The van der Waals surface area contributed by atoms with Gasteiger partial charge in [0.25, 0.3) is 5.89 Å². The van der Waals surface area contributed by atoms with Gasteiger partial charge < -0.3 is 9.26 Å². The zero-order valence-electron chi connectivity index (χ0n) is 15.7. The first-order valence-corrected chi connectivity index (χ1v) is 10.5. The lowest BCUT2D eigenvalue weighted by molar-refractivity contribution is -0.0199. The fourth-order valence-electron chi connectivity index (χ4n) is 3.15. The lowest BCUT2D eigenvalue weighted by Gasteiger charge is -2.30. The van der Waals surface area contributed by atoms with Crippen LogP contribution < -0.4 is 0 Å². The molecule has 0 amide bonds. The Kier molecular flexibility index (Phi) is 5.01. The van der Waals surface area contributed by atoms with Crippen LogP contribution in [0.2, 0.25) is 0 Å². The highest BCUT2D eigenvalue weighted by atomic mass is 32.2. The number of aryl methyl sites for hydroxylation is 2. The molecule has 1 fully saturated rings. The van der Waals surface area contributed by atoms with Crippen molar-refractivity contribution >= 4 is 10.0 Å². The molecule has 3 aromatic rings. The number of aromatic nitrogens is 2. The third kappa shape index (κ3) is 3.58. The van der Waals surface area contributed by atoms with Crippen molar-refractivity contribution in [1.82, 2.24) is 14.4 Å². The van der Waals surface area contributed by atoms with E-state index >= 15 is 0 Å². The summed E-state index contributed by atoms with van der Waals surface area (Å²) in [6.45, 7) is 4.57. The Morgan fingerprint density at radius 3 is 2.57 bits per heavy atom. The highest BCUT2D eigenvalue weighted by Gasteiger charge is 2.34. The highest BCUT2D eigenvalue weighted by molar-refractivity contribution is 7.89. The molecule has 0 saturated carbocycles. The van der Waals surface area contributed by atoms with Crippen molar-refractivity contribution in [3.63, 3.8) is 0 Å². The van der Waals surface area contributed by atoms with Gasteiger partial charge in [0.2, 0.25) is 15.8 Å². The lowest BCUT2D eigenvalue weighted by Crippen LogP contribution is -2.42. The number of nitrogens with zero attached hydrogens (tertiary/aromatic N) is 3. The van der Waals surface area contributed by atoms with E-state index in [1.807, 2.05) is 38.1 Å². The van der Waals surface area contributed by atoms with E-state index in [2.05, 4.69) is 10.1 Å². The minimum absolute atomic E-state index is 0.131. The molecule has 146 valence electrons. The van der Waals surface area contributed by atoms with Crippen LogP contribution in [-0.4, -0.2) is 42.6 Å². The summed E-state index contributed by atoms with van der Waals surface area (Å²) in [7, 11) is -3.61. The molecule has 0 N–H and O–H groups in total. The van der Waals surface area contributed by atoms with Crippen molar-refractivity contribution in [3.8, 4) is 11.4 Å². The molecule has 2 heterocycles. The number of ether oxygens (including phenoxy) is 1. The zero-order valence-corrected chi connectivity index (χ0v) is 16.5. The van der Waals surface area contributed by atoms with Crippen LogP contribution >= 0.6 is 0 Å². The smallest absolute Gasteiger partial charge is 0.257 e. The first-order chi connectivity index (χ1) is 13.4. The Labute approximate surface area is 164 Å². The molecule has 28 heavy (non-hydrogen) atoms. The van der Waals surface area contributed by atoms with Gasteiger partial charge in [-0.3, -0.25) is 0 Å². The molecule has 1 atom stereocenters. The molecule has 0 aliphatic carbocycles. The molecular weight excluding hydrogens is 378 g/mol.